The molecule has 1 fully saturated rings. The number of carbonyl (C=O) groups is 1. The lowest BCUT2D eigenvalue weighted by molar-refractivity contribution is -0.130. The lowest BCUT2D eigenvalue weighted by atomic mass is 10.2. The quantitative estimate of drug-likeness (QED) is 0.363. The average molecular weight is 493 g/mol. The van der Waals surface area contributed by atoms with E-state index in [9.17, 15) is 9.18 Å². The molecule has 2 aromatic heterocycles. The van der Waals surface area contributed by atoms with Gasteiger partial charge in [0.05, 0.1) is 23.6 Å². The van der Waals surface area contributed by atoms with Crippen molar-refractivity contribution >= 4 is 17.7 Å². The van der Waals surface area contributed by atoms with E-state index < -0.39 is 0 Å². The van der Waals surface area contributed by atoms with Crippen molar-refractivity contribution in [2.75, 3.05) is 31.9 Å². The van der Waals surface area contributed by atoms with E-state index in [0.717, 1.165) is 30.2 Å². The minimum atomic E-state index is -0.372. The molecule has 0 radical (unpaired) electrons. The van der Waals surface area contributed by atoms with Gasteiger partial charge in [-0.05, 0) is 31.2 Å². The van der Waals surface area contributed by atoms with Gasteiger partial charge >= 0.3 is 0 Å². The van der Waals surface area contributed by atoms with Gasteiger partial charge < -0.3 is 9.42 Å². The van der Waals surface area contributed by atoms with Gasteiger partial charge in [0.15, 0.2) is 16.7 Å². The van der Waals surface area contributed by atoms with Crippen molar-refractivity contribution in [1.29, 1.82) is 0 Å². The van der Waals surface area contributed by atoms with E-state index in [-0.39, 0.29) is 17.5 Å². The smallest absolute Gasteiger partial charge is 0.233 e. The molecule has 0 unspecified atom stereocenters. The second-order valence-corrected chi connectivity index (χ2v) is 9.28. The van der Waals surface area contributed by atoms with Crippen LogP contribution < -0.4 is 0 Å². The van der Waals surface area contributed by atoms with Crippen LogP contribution >= 0.6 is 11.8 Å². The Labute approximate surface area is 206 Å². The first kappa shape index (κ1) is 23.3. The number of hydrogen-bond donors (Lipinski definition) is 0. The number of amides is 1. The van der Waals surface area contributed by atoms with Gasteiger partial charge in [-0.1, -0.05) is 47.3 Å². The second kappa shape index (κ2) is 10.4. The summed E-state index contributed by atoms with van der Waals surface area (Å²) in [6.07, 6.45) is 0. The lowest BCUT2D eigenvalue weighted by Gasteiger charge is -2.34. The molecule has 8 nitrogen and oxygen atoms in total. The minimum absolute atomic E-state index is 0.0419. The number of aromatic nitrogens is 4. The van der Waals surface area contributed by atoms with Crippen molar-refractivity contribution in [3.8, 4) is 17.1 Å². The van der Waals surface area contributed by atoms with Crippen molar-refractivity contribution in [3.63, 3.8) is 0 Å². The zero-order valence-corrected chi connectivity index (χ0v) is 20.1. The van der Waals surface area contributed by atoms with Gasteiger partial charge in [-0.15, -0.1) is 10.2 Å². The highest BCUT2D eigenvalue weighted by Crippen LogP contribution is 2.29. The van der Waals surface area contributed by atoms with Crippen LogP contribution in [0.5, 0.6) is 0 Å². The Morgan fingerprint density at radius 1 is 1.03 bits per heavy atom. The fourth-order valence-electron chi connectivity index (χ4n) is 4.07. The predicted octanol–water partition coefficient (Wildman–Crippen LogP) is 3.81. The van der Waals surface area contributed by atoms with Crippen LogP contribution in [-0.4, -0.2) is 67.6 Å². The van der Waals surface area contributed by atoms with Crippen molar-refractivity contribution in [2.45, 2.75) is 18.6 Å². The fraction of sp³-hybridized carbons (Fsp3) is 0.280. The van der Waals surface area contributed by atoms with Gasteiger partial charge in [-0.3, -0.25) is 14.3 Å². The van der Waals surface area contributed by atoms with E-state index in [2.05, 4.69) is 20.3 Å². The third kappa shape index (κ3) is 5.28. The number of rotatable bonds is 7. The van der Waals surface area contributed by atoms with Crippen LogP contribution in [0.2, 0.25) is 0 Å². The molecule has 3 heterocycles. The Morgan fingerprint density at radius 3 is 2.49 bits per heavy atom. The summed E-state index contributed by atoms with van der Waals surface area (Å²) in [5.74, 6) is 1.14. The molecular formula is C25H25FN6O2S. The Morgan fingerprint density at radius 2 is 1.77 bits per heavy atom. The molecule has 10 heteroatoms. The first-order chi connectivity index (χ1) is 17.1. The molecule has 180 valence electrons. The Kier molecular flexibility index (Phi) is 6.91. The monoisotopic (exact) mass is 492 g/mol. The lowest BCUT2D eigenvalue weighted by Crippen LogP contribution is -2.48. The molecule has 0 aliphatic carbocycles. The van der Waals surface area contributed by atoms with Crippen molar-refractivity contribution < 1.29 is 13.7 Å². The average Bonchev–Trinajstić information content (AvgIpc) is 3.49. The molecule has 1 saturated heterocycles. The number of benzene rings is 2. The number of halogens is 1. The normalized spacial score (nSPS) is 14.4. The number of thioether (sulfide) groups is 1. The number of hydrogen-bond acceptors (Lipinski definition) is 7. The Bertz CT molecular complexity index is 1300. The van der Waals surface area contributed by atoms with Crippen molar-refractivity contribution in [3.05, 3.63) is 77.9 Å². The fourth-order valence-corrected chi connectivity index (χ4v) is 4.93. The first-order valence-corrected chi connectivity index (χ1v) is 12.4. The van der Waals surface area contributed by atoms with Crippen molar-refractivity contribution in [2.24, 2.45) is 0 Å². The molecule has 0 N–H and O–H groups in total. The number of para-hydroxylation sites is 1. The topological polar surface area (TPSA) is 80.3 Å². The van der Waals surface area contributed by atoms with Crippen LogP contribution in [0.4, 0.5) is 4.39 Å². The predicted molar refractivity (Wildman–Crippen MR) is 131 cm³/mol. The first-order valence-electron chi connectivity index (χ1n) is 11.4. The number of aryl methyl sites for hydroxylation is 1. The summed E-state index contributed by atoms with van der Waals surface area (Å²) in [4.78, 5) is 17.1. The molecule has 0 spiro atoms. The molecule has 35 heavy (non-hydrogen) atoms. The molecule has 0 saturated carbocycles. The van der Waals surface area contributed by atoms with E-state index in [4.69, 9.17) is 4.52 Å². The number of piperazine rings is 1. The van der Waals surface area contributed by atoms with Gasteiger partial charge in [0.2, 0.25) is 5.91 Å². The van der Waals surface area contributed by atoms with Crippen LogP contribution in [0.15, 0.2) is 70.3 Å². The van der Waals surface area contributed by atoms with Crippen LogP contribution in [-0.2, 0) is 11.3 Å². The summed E-state index contributed by atoms with van der Waals surface area (Å²) in [5.41, 5.74) is 2.04. The molecule has 2 aromatic carbocycles. The van der Waals surface area contributed by atoms with E-state index >= 15 is 0 Å². The standard InChI is InChI=1S/C25H25FN6O2S/c1-18-15-20(34-29-18)16-30-11-13-31(14-12-30)23(33)17-35-25-28-27-24(21-9-5-6-10-22(21)26)32(25)19-7-3-2-4-8-19/h2-10,15H,11-14,16-17H2,1H3. The highest BCUT2D eigenvalue weighted by atomic mass is 32.2. The van der Waals surface area contributed by atoms with Crippen LogP contribution in [0.1, 0.15) is 11.5 Å². The van der Waals surface area contributed by atoms with Gasteiger partial charge in [-0.25, -0.2) is 4.39 Å². The molecule has 4 aromatic rings. The largest absolute Gasteiger partial charge is 0.360 e. The van der Waals surface area contributed by atoms with E-state index in [1.165, 1.54) is 17.8 Å². The van der Waals surface area contributed by atoms with Crippen LogP contribution in [0.3, 0.4) is 0 Å². The Balaban J connectivity index is 1.26. The van der Waals surface area contributed by atoms with E-state index in [0.29, 0.717) is 36.2 Å². The second-order valence-electron chi connectivity index (χ2n) is 8.34. The third-order valence-corrected chi connectivity index (χ3v) is 6.78. The van der Waals surface area contributed by atoms with Crippen LogP contribution in [0.25, 0.3) is 17.1 Å². The molecule has 0 atom stereocenters. The van der Waals surface area contributed by atoms with Gasteiger partial charge in [0.25, 0.3) is 0 Å². The van der Waals surface area contributed by atoms with Crippen LogP contribution in [0, 0.1) is 12.7 Å². The summed E-state index contributed by atoms with van der Waals surface area (Å²) in [6.45, 7) is 5.44. The SMILES string of the molecule is Cc1cc(CN2CCN(C(=O)CSc3nnc(-c4ccccc4F)n3-c3ccccc3)CC2)on1. The highest BCUT2D eigenvalue weighted by Gasteiger charge is 2.24. The summed E-state index contributed by atoms with van der Waals surface area (Å²) in [6, 6.07) is 18.0. The minimum Gasteiger partial charge on any atom is -0.360 e. The number of nitrogens with zero attached hydrogens (tertiary/aromatic N) is 6. The van der Waals surface area contributed by atoms with Gasteiger partial charge in [-0.2, -0.15) is 0 Å². The molecule has 1 aliphatic heterocycles. The molecular weight excluding hydrogens is 467 g/mol. The zero-order valence-electron chi connectivity index (χ0n) is 19.3. The summed E-state index contributed by atoms with van der Waals surface area (Å²) >= 11 is 1.31. The van der Waals surface area contributed by atoms with Gasteiger partial charge in [0, 0.05) is 37.9 Å². The summed E-state index contributed by atoms with van der Waals surface area (Å²) in [7, 11) is 0. The molecule has 0 bridgehead atoms. The molecule has 1 amide bonds. The summed E-state index contributed by atoms with van der Waals surface area (Å²) < 4.78 is 21.6. The molecule has 1 aliphatic rings. The number of carbonyl (C=O) groups excluding carboxylic acids is 1. The zero-order chi connectivity index (χ0) is 24.2. The maximum Gasteiger partial charge on any atom is 0.233 e. The summed E-state index contributed by atoms with van der Waals surface area (Å²) in [5, 5.41) is 13.0. The van der Waals surface area contributed by atoms with Gasteiger partial charge in [0.1, 0.15) is 5.82 Å². The third-order valence-electron chi connectivity index (χ3n) is 5.87. The highest BCUT2D eigenvalue weighted by molar-refractivity contribution is 7.99. The maximum absolute atomic E-state index is 14.5. The maximum atomic E-state index is 14.5. The van der Waals surface area contributed by atoms with Crippen molar-refractivity contribution in [1.82, 2.24) is 29.7 Å². The van der Waals surface area contributed by atoms with E-state index in [1.54, 1.807) is 22.8 Å². The van der Waals surface area contributed by atoms with E-state index in [1.807, 2.05) is 48.2 Å². The Hall–Kier alpha value is -3.50. The molecule has 5 rings (SSSR count).